The molecule has 0 saturated heterocycles. The molecule has 0 bridgehead atoms. The molecule has 0 spiro atoms. The first-order chi connectivity index (χ1) is 8.42. The molecule has 0 aliphatic heterocycles. The van der Waals surface area contributed by atoms with E-state index >= 15 is 0 Å². The van der Waals surface area contributed by atoms with Gasteiger partial charge in [-0.25, -0.2) is 0 Å². The van der Waals surface area contributed by atoms with Crippen molar-refractivity contribution >= 4 is 21.4 Å². The van der Waals surface area contributed by atoms with E-state index in [2.05, 4.69) is 40.3 Å². The van der Waals surface area contributed by atoms with E-state index in [-0.39, 0.29) is 0 Å². The van der Waals surface area contributed by atoms with E-state index in [1.54, 1.807) is 0 Å². The second-order valence-electron chi connectivity index (χ2n) is 4.21. The van der Waals surface area contributed by atoms with Crippen molar-refractivity contribution in [2.75, 3.05) is 26.7 Å². The number of benzene rings is 1. The largest absolute Gasteiger partial charge is 0.320 e. The van der Waals surface area contributed by atoms with Crippen LogP contribution < -0.4 is 10.6 Å². The SMILES string of the molecule is CNCCCNCCc1csc2ccccc12. The Morgan fingerprint density at radius 2 is 2.00 bits per heavy atom. The van der Waals surface area contributed by atoms with E-state index in [1.165, 1.54) is 22.1 Å². The molecule has 3 heteroatoms. The van der Waals surface area contributed by atoms with Crippen LogP contribution in [-0.4, -0.2) is 26.7 Å². The molecule has 1 aromatic heterocycles. The Hall–Kier alpha value is -0.900. The summed E-state index contributed by atoms with van der Waals surface area (Å²) in [6.45, 7) is 3.27. The van der Waals surface area contributed by atoms with Crippen molar-refractivity contribution in [2.45, 2.75) is 12.8 Å². The summed E-state index contributed by atoms with van der Waals surface area (Å²) < 4.78 is 1.40. The quantitative estimate of drug-likeness (QED) is 0.736. The summed E-state index contributed by atoms with van der Waals surface area (Å²) in [4.78, 5) is 0. The first kappa shape index (κ1) is 12.6. The summed E-state index contributed by atoms with van der Waals surface area (Å²) in [6.07, 6.45) is 2.32. The summed E-state index contributed by atoms with van der Waals surface area (Å²) in [5.41, 5.74) is 1.48. The van der Waals surface area contributed by atoms with Gasteiger partial charge in [-0.3, -0.25) is 0 Å². The van der Waals surface area contributed by atoms with Gasteiger partial charge in [0.05, 0.1) is 0 Å². The molecular formula is C14H20N2S. The van der Waals surface area contributed by atoms with Crippen LogP contribution in [0.2, 0.25) is 0 Å². The summed E-state index contributed by atoms with van der Waals surface area (Å²) in [5.74, 6) is 0. The minimum atomic E-state index is 1.07. The first-order valence-electron chi connectivity index (χ1n) is 6.22. The van der Waals surface area contributed by atoms with Gasteiger partial charge in [0.25, 0.3) is 0 Å². The maximum Gasteiger partial charge on any atom is 0.0345 e. The van der Waals surface area contributed by atoms with Crippen molar-refractivity contribution in [2.24, 2.45) is 0 Å². The Kier molecular flexibility index (Phi) is 4.98. The second kappa shape index (κ2) is 6.74. The number of fused-ring (bicyclic) bond motifs is 1. The van der Waals surface area contributed by atoms with Crippen molar-refractivity contribution in [3.05, 3.63) is 35.2 Å². The Bertz CT molecular complexity index is 450. The zero-order chi connectivity index (χ0) is 11.9. The molecule has 92 valence electrons. The zero-order valence-corrected chi connectivity index (χ0v) is 11.1. The summed E-state index contributed by atoms with van der Waals surface area (Å²) in [7, 11) is 2.00. The van der Waals surface area contributed by atoms with E-state index in [4.69, 9.17) is 0 Å². The molecule has 2 N–H and O–H groups in total. The number of hydrogen-bond acceptors (Lipinski definition) is 3. The molecule has 2 rings (SSSR count). The van der Waals surface area contributed by atoms with Gasteiger partial charge < -0.3 is 10.6 Å². The van der Waals surface area contributed by atoms with E-state index in [9.17, 15) is 0 Å². The third-order valence-corrected chi connectivity index (χ3v) is 3.92. The average Bonchev–Trinajstić information content (AvgIpc) is 2.77. The number of nitrogens with one attached hydrogen (secondary N) is 2. The fourth-order valence-electron chi connectivity index (χ4n) is 1.96. The van der Waals surface area contributed by atoms with Gasteiger partial charge in [-0.1, -0.05) is 18.2 Å². The van der Waals surface area contributed by atoms with Gasteiger partial charge in [-0.15, -0.1) is 11.3 Å². The van der Waals surface area contributed by atoms with Crippen molar-refractivity contribution in [1.82, 2.24) is 10.6 Å². The summed E-state index contributed by atoms with van der Waals surface area (Å²) in [5, 5.41) is 10.4. The standard InChI is InChI=1S/C14H20N2S/c1-15-8-4-9-16-10-7-12-11-17-14-6-3-2-5-13(12)14/h2-3,5-6,11,15-16H,4,7-10H2,1H3. The molecule has 1 aromatic carbocycles. The lowest BCUT2D eigenvalue weighted by Gasteiger charge is -2.04. The van der Waals surface area contributed by atoms with Crippen LogP contribution in [0.3, 0.4) is 0 Å². The number of hydrogen-bond donors (Lipinski definition) is 2. The molecule has 0 saturated carbocycles. The second-order valence-corrected chi connectivity index (χ2v) is 5.13. The molecule has 0 fully saturated rings. The highest BCUT2D eigenvalue weighted by Crippen LogP contribution is 2.25. The average molecular weight is 248 g/mol. The lowest BCUT2D eigenvalue weighted by Crippen LogP contribution is -2.21. The van der Waals surface area contributed by atoms with Crippen LogP contribution in [0.5, 0.6) is 0 Å². The molecule has 17 heavy (non-hydrogen) atoms. The van der Waals surface area contributed by atoms with Gasteiger partial charge in [0.1, 0.15) is 0 Å². The topological polar surface area (TPSA) is 24.1 Å². The van der Waals surface area contributed by atoms with Crippen LogP contribution >= 0.6 is 11.3 Å². The van der Waals surface area contributed by atoms with Gasteiger partial charge in [-0.2, -0.15) is 0 Å². The molecule has 0 aliphatic carbocycles. The van der Waals surface area contributed by atoms with Crippen LogP contribution in [-0.2, 0) is 6.42 Å². The predicted octanol–water partition coefficient (Wildman–Crippen LogP) is 2.64. The fourth-order valence-corrected chi connectivity index (χ4v) is 2.96. The van der Waals surface area contributed by atoms with Crippen molar-refractivity contribution in [1.29, 1.82) is 0 Å². The van der Waals surface area contributed by atoms with E-state index < -0.39 is 0 Å². The molecule has 0 unspecified atom stereocenters. The summed E-state index contributed by atoms with van der Waals surface area (Å²) in [6, 6.07) is 8.66. The third-order valence-electron chi connectivity index (χ3n) is 2.91. The van der Waals surface area contributed by atoms with E-state index in [1.807, 2.05) is 18.4 Å². The van der Waals surface area contributed by atoms with Crippen molar-refractivity contribution in [3.63, 3.8) is 0 Å². The Morgan fingerprint density at radius 1 is 1.12 bits per heavy atom. The van der Waals surface area contributed by atoms with Gasteiger partial charge in [0.15, 0.2) is 0 Å². The van der Waals surface area contributed by atoms with Gasteiger partial charge in [-0.05, 0) is 61.9 Å². The lowest BCUT2D eigenvalue weighted by atomic mass is 10.1. The number of rotatable bonds is 7. The predicted molar refractivity (Wildman–Crippen MR) is 76.9 cm³/mol. The molecule has 0 aliphatic rings. The minimum Gasteiger partial charge on any atom is -0.320 e. The third kappa shape index (κ3) is 3.53. The monoisotopic (exact) mass is 248 g/mol. The highest BCUT2D eigenvalue weighted by Gasteiger charge is 2.02. The van der Waals surface area contributed by atoms with Crippen molar-refractivity contribution in [3.8, 4) is 0 Å². The van der Waals surface area contributed by atoms with Crippen LogP contribution in [0.4, 0.5) is 0 Å². The van der Waals surface area contributed by atoms with Crippen LogP contribution in [0, 0.1) is 0 Å². The van der Waals surface area contributed by atoms with Crippen LogP contribution in [0.15, 0.2) is 29.6 Å². The molecule has 1 heterocycles. The molecule has 2 aromatic rings. The molecule has 0 atom stereocenters. The highest BCUT2D eigenvalue weighted by molar-refractivity contribution is 7.17. The highest BCUT2D eigenvalue weighted by atomic mass is 32.1. The van der Waals surface area contributed by atoms with Gasteiger partial charge in [0, 0.05) is 4.70 Å². The maximum atomic E-state index is 3.49. The maximum absolute atomic E-state index is 3.49. The van der Waals surface area contributed by atoms with Crippen LogP contribution in [0.1, 0.15) is 12.0 Å². The van der Waals surface area contributed by atoms with Gasteiger partial charge in [0.2, 0.25) is 0 Å². The molecule has 0 amide bonds. The minimum absolute atomic E-state index is 1.07. The van der Waals surface area contributed by atoms with E-state index in [0.717, 1.165) is 26.1 Å². The molecule has 2 nitrogen and oxygen atoms in total. The molecular weight excluding hydrogens is 228 g/mol. The van der Waals surface area contributed by atoms with E-state index in [0.29, 0.717) is 0 Å². The fraction of sp³-hybridized carbons (Fsp3) is 0.429. The smallest absolute Gasteiger partial charge is 0.0345 e. The van der Waals surface area contributed by atoms with Crippen molar-refractivity contribution < 1.29 is 0 Å². The molecule has 0 radical (unpaired) electrons. The summed E-state index contributed by atoms with van der Waals surface area (Å²) >= 11 is 1.85. The first-order valence-corrected chi connectivity index (χ1v) is 7.10. The van der Waals surface area contributed by atoms with Gasteiger partial charge >= 0.3 is 0 Å². The Morgan fingerprint density at radius 3 is 2.88 bits per heavy atom. The zero-order valence-electron chi connectivity index (χ0n) is 10.3. The Balaban J connectivity index is 1.79. The Labute approximate surface area is 107 Å². The van der Waals surface area contributed by atoms with Crippen LogP contribution in [0.25, 0.3) is 10.1 Å². The lowest BCUT2D eigenvalue weighted by molar-refractivity contribution is 0.626. The normalized spacial score (nSPS) is 11.1. The number of thiophene rings is 1.